The highest BCUT2D eigenvalue weighted by atomic mass is 35.5. The van der Waals surface area contributed by atoms with Crippen LogP contribution >= 0.6 is 11.6 Å². The summed E-state index contributed by atoms with van der Waals surface area (Å²) in [5.41, 5.74) is 0.428. The molecule has 0 amide bonds. The van der Waals surface area contributed by atoms with E-state index >= 15 is 0 Å². The lowest BCUT2D eigenvalue weighted by molar-refractivity contribution is 0.444. The Morgan fingerprint density at radius 3 is 3.06 bits per heavy atom. The molecule has 1 aliphatic heterocycles. The molecule has 0 bridgehead atoms. The first-order valence-electron chi connectivity index (χ1n) is 5.52. The predicted molar refractivity (Wildman–Crippen MR) is 64.6 cm³/mol. The molecule has 0 aliphatic carbocycles. The third kappa shape index (κ3) is 2.28. The number of anilines is 1. The van der Waals surface area contributed by atoms with E-state index in [2.05, 4.69) is 16.8 Å². The Bertz CT molecular complexity index is 425. The number of hydrogen-bond acceptors (Lipinski definition) is 3. The molecule has 1 aromatic rings. The molecule has 3 nitrogen and oxygen atoms in total. The van der Waals surface area contributed by atoms with Gasteiger partial charge in [-0.3, -0.25) is 0 Å². The molecule has 0 saturated carbocycles. The van der Waals surface area contributed by atoms with Gasteiger partial charge in [0, 0.05) is 13.1 Å². The van der Waals surface area contributed by atoms with Gasteiger partial charge < -0.3 is 4.90 Å². The highest BCUT2D eigenvalue weighted by molar-refractivity contribution is 6.32. The van der Waals surface area contributed by atoms with Crippen molar-refractivity contribution < 1.29 is 0 Å². The molecule has 1 aliphatic rings. The zero-order valence-electron chi connectivity index (χ0n) is 9.28. The molecular formula is C12H14ClN3. The fourth-order valence-corrected chi connectivity index (χ4v) is 2.32. The molecule has 16 heavy (non-hydrogen) atoms. The fourth-order valence-electron chi connectivity index (χ4n) is 2.10. The van der Waals surface area contributed by atoms with Crippen molar-refractivity contribution in [2.24, 2.45) is 5.92 Å². The lowest BCUT2D eigenvalue weighted by Gasteiger charge is -2.32. The maximum atomic E-state index is 8.83. The molecule has 2 heterocycles. The number of nitrogens with zero attached hydrogens (tertiary/aromatic N) is 3. The molecule has 1 fully saturated rings. The van der Waals surface area contributed by atoms with E-state index in [1.807, 2.05) is 6.07 Å². The third-order valence-corrected chi connectivity index (χ3v) is 3.19. The van der Waals surface area contributed by atoms with Gasteiger partial charge in [0.1, 0.15) is 17.6 Å². The van der Waals surface area contributed by atoms with Crippen molar-refractivity contribution in [2.45, 2.75) is 19.8 Å². The second-order valence-electron chi connectivity index (χ2n) is 4.31. The van der Waals surface area contributed by atoms with E-state index in [1.165, 1.54) is 6.42 Å². The van der Waals surface area contributed by atoms with Crippen LogP contribution in [0.1, 0.15) is 25.5 Å². The Morgan fingerprint density at radius 2 is 2.38 bits per heavy atom. The first-order valence-corrected chi connectivity index (χ1v) is 5.90. The maximum absolute atomic E-state index is 8.83. The SMILES string of the molecule is CC1CCCN(c2nc(C#N)ccc2Cl)C1. The minimum Gasteiger partial charge on any atom is -0.355 e. The van der Waals surface area contributed by atoms with Gasteiger partial charge in [0.25, 0.3) is 0 Å². The fraction of sp³-hybridized carbons (Fsp3) is 0.500. The summed E-state index contributed by atoms with van der Waals surface area (Å²) in [5, 5.41) is 9.46. The predicted octanol–water partition coefficient (Wildman–Crippen LogP) is 2.84. The summed E-state index contributed by atoms with van der Waals surface area (Å²) in [6.45, 7) is 4.18. The molecule has 1 saturated heterocycles. The van der Waals surface area contributed by atoms with Gasteiger partial charge in [0.15, 0.2) is 0 Å². The van der Waals surface area contributed by atoms with E-state index in [9.17, 15) is 0 Å². The molecular weight excluding hydrogens is 222 g/mol. The quantitative estimate of drug-likeness (QED) is 0.752. The van der Waals surface area contributed by atoms with E-state index in [0.29, 0.717) is 16.6 Å². The van der Waals surface area contributed by atoms with Gasteiger partial charge in [-0.1, -0.05) is 18.5 Å². The van der Waals surface area contributed by atoms with Crippen molar-refractivity contribution in [1.29, 1.82) is 5.26 Å². The largest absolute Gasteiger partial charge is 0.355 e. The Balaban J connectivity index is 2.28. The number of piperidine rings is 1. The number of rotatable bonds is 1. The van der Waals surface area contributed by atoms with Gasteiger partial charge in [-0.25, -0.2) is 4.98 Å². The van der Waals surface area contributed by atoms with Crippen LogP contribution in [-0.2, 0) is 0 Å². The van der Waals surface area contributed by atoms with Crippen molar-refractivity contribution in [1.82, 2.24) is 4.98 Å². The van der Waals surface area contributed by atoms with Crippen LogP contribution in [0.5, 0.6) is 0 Å². The lowest BCUT2D eigenvalue weighted by Crippen LogP contribution is -2.35. The topological polar surface area (TPSA) is 39.9 Å². The van der Waals surface area contributed by atoms with Crippen molar-refractivity contribution in [3.63, 3.8) is 0 Å². The van der Waals surface area contributed by atoms with Gasteiger partial charge in [-0.05, 0) is 30.9 Å². The normalized spacial score (nSPS) is 20.6. The molecule has 0 aromatic carbocycles. The van der Waals surface area contributed by atoms with Crippen LogP contribution in [-0.4, -0.2) is 18.1 Å². The Morgan fingerprint density at radius 1 is 1.56 bits per heavy atom. The summed E-state index contributed by atoms with van der Waals surface area (Å²) in [4.78, 5) is 6.46. The van der Waals surface area contributed by atoms with Gasteiger partial charge in [-0.2, -0.15) is 5.26 Å². The summed E-state index contributed by atoms with van der Waals surface area (Å²) in [6, 6.07) is 5.45. The van der Waals surface area contributed by atoms with Crippen LogP contribution in [0, 0.1) is 17.2 Å². The second kappa shape index (κ2) is 4.71. The lowest BCUT2D eigenvalue weighted by atomic mass is 10.0. The molecule has 4 heteroatoms. The Kier molecular flexibility index (Phi) is 3.31. The first-order chi connectivity index (χ1) is 7.70. The maximum Gasteiger partial charge on any atom is 0.148 e. The minimum absolute atomic E-state index is 0.428. The number of halogens is 1. The molecule has 1 aromatic heterocycles. The van der Waals surface area contributed by atoms with Gasteiger partial charge in [0.2, 0.25) is 0 Å². The van der Waals surface area contributed by atoms with Crippen molar-refractivity contribution in [2.75, 3.05) is 18.0 Å². The standard InChI is InChI=1S/C12H14ClN3/c1-9-3-2-6-16(8-9)12-11(13)5-4-10(7-14)15-12/h4-5,9H,2-3,6,8H2,1H3. The number of nitriles is 1. The summed E-state index contributed by atoms with van der Waals surface area (Å²) in [5.74, 6) is 1.42. The summed E-state index contributed by atoms with van der Waals surface area (Å²) < 4.78 is 0. The number of hydrogen-bond donors (Lipinski definition) is 0. The smallest absolute Gasteiger partial charge is 0.148 e. The summed E-state index contributed by atoms with van der Waals surface area (Å²) >= 11 is 6.12. The summed E-state index contributed by atoms with van der Waals surface area (Å²) in [6.07, 6.45) is 2.42. The van der Waals surface area contributed by atoms with Crippen molar-refractivity contribution in [3.8, 4) is 6.07 Å². The summed E-state index contributed by atoms with van der Waals surface area (Å²) in [7, 11) is 0. The van der Waals surface area contributed by atoms with Crippen LogP contribution in [0.2, 0.25) is 5.02 Å². The zero-order valence-corrected chi connectivity index (χ0v) is 10.0. The van der Waals surface area contributed by atoms with Gasteiger partial charge >= 0.3 is 0 Å². The number of aromatic nitrogens is 1. The second-order valence-corrected chi connectivity index (χ2v) is 4.71. The van der Waals surface area contributed by atoms with Gasteiger partial charge in [0.05, 0.1) is 5.02 Å². The number of pyridine rings is 1. The zero-order chi connectivity index (χ0) is 11.5. The molecule has 1 atom stereocenters. The molecule has 0 N–H and O–H groups in total. The molecule has 1 unspecified atom stereocenters. The minimum atomic E-state index is 0.428. The Labute approximate surface area is 101 Å². The molecule has 2 rings (SSSR count). The van der Waals surface area contributed by atoms with E-state index in [-0.39, 0.29) is 0 Å². The third-order valence-electron chi connectivity index (χ3n) is 2.90. The monoisotopic (exact) mass is 235 g/mol. The van der Waals surface area contributed by atoms with Crippen LogP contribution in [0.3, 0.4) is 0 Å². The van der Waals surface area contributed by atoms with Crippen molar-refractivity contribution >= 4 is 17.4 Å². The average Bonchev–Trinajstić information content (AvgIpc) is 2.30. The average molecular weight is 236 g/mol. The van der Waals surface area contributed by atoms with Crippen molar-refractivity contribution in [3.05, 3.63) is 22.8 Å². The molecule has 84 valence electrons. The molecule has 0 radical (unpaired) electrons. The Hall–Kier alpha value is -1.27. The van der Waals surface area contributed by atoms with E-state index in [1.54, 1.807) is 12.1 Å². The van der Waals surface area contributed by atoms with Gasteiger partial charge in [-0.15, -0.1) is 0 Å². The highest BCUT2D eigenvalue weighted by Gasteiger charge is 2.19. The first kappa shape index (κ1) is 11.2. The highest BCUT2D eigenvalue weighted by Crippen LogP contribution is 2.27. The van der Waals surface area contributed by atoms with E-state index in [4.69, 9.17) is 16.9 Å². The van der Waals surface area contributed by atoms with E-state index < -0.39 is 0 Å². The van der Waals surface area contributed by atoms with Crippen LogP contribution in [0.4, 0.5) is 5.82 Å². The van der Waals surface area contributed by atoms with Crippen LogP contribution in [0.15, 0.2) is 12.1 Å². The van der Waals surface area contributed by atoms with E-state index in [0.717, 1.165) is 25.3 Å². The molecule has 0 spiro atoms. The van der Waals surface area contributed by atoms with Crippen LogP contribution in [0.25, 0.3) is 0 Å². The van der Waals surface area contributed by atoms with Crippen LogP contribution < -0.4 is 4.90 Å².